The van der Waals surface area contributed by atoms with Crippen molar-refractivity contribution in [2.45, 2.75) is 38.6 Å². The molecule has 0 unspecified atom stereocenters. The van der Waals surface area contributed by atoms with Crippen molar-refractivity contribution in [2.75, 3.05) is 6.61 Å². The second kappa shape index (κ2) is 8.36. The van der Waals surface area contributed by atoms with Crippen LogP contribution in [0.15, 0.2) is 30.5 Å². The number of carbonyl (C=O) groups is 2. The largest absolute Gasteiger partial charge is 0.481 e. The fraction of sp³-hybridized carbons (Fsp3) is 0.421. The van der Waals surface area contributed by atoms with E-state index in [2.05, 4.69) is 22.5 Å². The molecule has 1 fully saturated rings. The molecule has 1 saturated carbocycles. The van der Waals surface area contributed by atoms with Crippen LogP contribution in [-0.4, -0.2) is 29.6 Å². The lowest BCUT2D eigenvalue weighted by Gasteiger charge is -2.29. The van der Waals surface area contributed by atoms with Gasteiger partial charge in [-0.2, -0.15) is 0 Å². The summed E-state index contributed by atoms with van der Waals surface area (Å²) in [4.78, 5) is 28.3. The van der Waals surface area contributed by atoms with Crippen molar-refractivity contribution in [1.29, 1.82) is 0 Å². The quantitative estimate of drug-likeness (QED) is 0.854. The SMILES string of the molecule is C[C@@H]1CCCC[C@@H]1NC(=O)NC(=O)COc1ccc(Cl)c2cccnc12. The predicted molar refractivity (Wildman–Crippen MR) is 100 cm³/mol. The van der Waals surface area contributed by atoms with Gasteiger partial charge in [0.2, 0.25) is 0 Å². The molecular formula is C19H22ClN3O3. The number of fused-ring (bicyclic) bond motifs is 1. The average Bonchev–Trinajstić information content (AvgIpc) is 2.63. The Bertz CT molecular complexity index is 812. The topological polar surface area (TPSA) is 80.3 Å². The van der Waals surface area contributed by atoms with Gasteiger partial charge in [-0.05, 0) is 43.0 Å². The highest BCUT2D eigenvalue weighted by atomic mass is 35.5. The van der Waals surface area contributed by atoms with Crippen molar-refractivity contribution >= 4 is 34.4 Å². The normalized spacial score (nSPS) is 19.8. The van der Waals surface area contributed by atoms with E-state index in [0.29, 0.717) is 22.2 Å². The number of imide groups is 1. The van der Waals surface area contributed by atoms with Crippen LogP contribution in [-0.2, 0) is 4.79 Å². The van der Waals surface area contributed by atoms with Gasteiger partial charge < -0.3 is 10.1 Å². The van der Waals surface area contributed by atoms with E-state index in [9.17, 15) is 9.59 Å². The highest BCUT2D eigenvalue weighted by molar-refractivity contribution is 6.35. The van der Waals surface area contributed by atoms with Gasteiger partial charge in [0, 0.05) is 17.6 Å². The predicted octanol–water partition coefficient (Wildman–Crippen LogP) is 3.67. The van der Waals surface area contributed by atoms with Gasteiger partial charge >= 0.3 is 6.03 Å². The molecule has 1 heterocycles. The van der Waals surface area contributed by atoms with Crippen molar-refractivity contribution in [2.24, 2.45) is 5.92 Å². The summed E-state index contributed by atoms with van der Waals surface area (Å²) in [5, 5.41) is 6.50. The maximum atomic E-state index is 12.0. The standard InChI is InChI=1S/C19H22ClN3O3/c1-12-5-2-3-7-15(12)22-19(25)23-17(24)11-26-16-9-8-14(20)13-6-4-10-21-18(13)16/h4,6,8-10,12,15H,2-3,5,7,11H2,1H3,(H2,22,23,24,25)/t12-,15+/m1/s1. The molecule has 26 heavy (non-hydrogen) atoms. The number of rotatable bonds is 4. The van der Waals surface area contributed by atoms with E-state index in [1.165, 1.54) is 6.42 Å². The Morgan fingerprint density at radius 1 is 1.27 bits per heavy atom. The van der Waals surface area contributed by atoms with E-state index < -0.39 is 11.9 Å². The Hall–Kier alpha value is -2.34. The van der Waals surface area contributed by atoms with Crippen molar-refractivity contribution in [3.05, 3.63) is 35.5 Å². The first-order valence-electron chi connectivity index (χ1n) is 8.81. The van der Waals surface area contributed by atoms with E-state index in [1.54, 1.807) is 24.4 Å². The number of aromatic nitrogens is 1. The van der Waals surface area contributed by atoms with Crippen molar-refractivity contribution in [3.63, 3.8) is 0 Å². The molecule has 1 aromatic heterocycles. The summed E-state index contributed by atoms with van der Waals surface area (Å²) in [5.41, 5.74) is 0.577. The minimum absolute atomic E-state index is 0.113. The van der Waals surface area contributed by atoms with Gasteiger partial charge in [0.05, 0.1) is 5.02 Å². The van der Waals surface area contributed by atoms with Crippen LogP contribution >= 0.6 is 11.6 Å². The van der Waals surface area contributed by atoms with Gasteiger partial charge in [-0.25, -0.2) is 4.79 Å². The summed E-state index contributed by atoms with van der Waals surface area (Å²) >= 11 is 6.14. The fourth-order valence-corrected chi connectivity index (χ4v) is 3.49. The van der Waals surface area contributed by atoms with Crippen LogP contribution in [0.1, 0.15) is 32.6 Å². The number of nitrogens with zero attached hydrogens (tertiary/aromatic N) is 1. The van der Waals surface area contributed by atoms with Gasteiger partial charge in [0.1, 0.15) is 11.3 Å². The van der Waals surface area contributed by atoms with Gasteiger partial charge in [0.25, 0.3) is 5.91 Å². The Morgan fingerprint density at radius 3 is 2.88 bits per heavy atom. The number of hydrogen-bond acceptors (Lipinski definition) is 4. The summed E-state index contributed by atoms with van der Waals surface area (Å²) in [6, 6.07) is 6.60. The molecule has 2 aromatic rings. The molecule has 1 aromatic carbocycles. The molecule has 0 radical (unpaired) electrons. The summed E-state index contributed by atoms with van der Waals surface area (Å²) in [6.07, 6.45) is 5.96. The van der Waals surface area contributed by atoms with E-state index >= 15 is 0 Å². The van der Waals surface area contributed by atoms with Gasteiger partial charge in [0.15, 0.2) is 6.61 Å². The zero-order valence-corrected chi connectivity index (χ0v) is 15.4. The van der Waals surface area contributed by atoms with Crippen LogP contribution < -0.4 is 15.4 Å². The number of urea groups is 1. The smallest absolute Gasteiger partial charge is 0.321 e. The van der Waals surface area contributed by atoms with Crippen LogP contribution in [0.4, 0.5) is 4.79 Å². The molecule has 0 aliphatic heterocycles. The number of nitrogens with one attached hydrogen (secondary N) is 2. The van der Waals surface area contributed by atoms with E-state index in [-0.39, 0.29) is 12.6 Å². The van der Waals surface area contributed by atoms with Crippen LogP contribution in [0.25, 0.3) is 10.9 Å². The lowest BCUT2D eigenvalue weighted by Crippen LogP contribution is -2.48. The number of ether oxygens (including phenoxy) is 1. The molecule has 0 spiro atoms. The third kappa shape index (κ3) is 4.43. The molecule has 2 atom stereocenters. The number of amides is 3. The Kier molecular flexibility index (Phi) is 5.93. The minimum Gasteiger partial charge on any atom is -0.481 e. The van der Waals surface area contributed by atoms with Crippen molar-refractivity contribution < 1.29 is 14.3 Å². The van der Waals surface area contributed by atoms with Gasteiger partial charge in [-0.15, -0.1) is 0 Å². The molecular weight excluding hydrogens is 354 g/mol. The number of hydrogen-bond donors (Lipinski definition) is 2. The Balaban J connectivity index is 1.54. The minimum atomic E-state index is -0.509. The van der Waals surface area contributed by atoms with E-state index in [4.69, 9.17) is 16.3 Å². The summed E-state index contributed by atoms with van der Waals surface area (Å²) < 4.78 is 5.53. The Labute approximate surface area is 157 Å². The number of benzene rings is 1. The molecule has 3 rings (SSSR count). The van der Waals surface area contributed by atoms with Gasteiger partial charge in [-0.3, -0.25) is 15.1 Å². The molecule has 1 aliphatic rings. The third-order valence-electron chi connectivity index (χ3n) is 4.72. The number of pyridine rings is 1. The molecule has 138 valence electrons. The van der Waals surface area contributed by atoms with Crippen molar-refractivity contribution in [3.8, 4) is 5.75 Å². The lowest BCUT2D eigenvalue weighted by molar-refractivity contribution is -0.122. The van der Waals surface area contributed by atoms with E-state index in [0.717, 1.165) is 24.6 Å². The summed E-state index contributed by atoms with van der Waals surface area (Å²) in [7, 11) is 0. The summed E-state index contributed by atoms with van der Waals surface area (Å²) in [6.45, 7) is 1.84. The van der Waals surface area contributed by atoms with Crippen LogP contribution in [0, 0.1) is 5.92 Å². The van der Waals surface area contributed by atoms with Crippen molar-refractivity contribution in [1.82, 2.24) is 15.6 Å². The van der Waals surface area contributed by atoms with Crippen LogP contribution in [0.5, 0.6) is 5.75 Å². The van der Waals surface area contributed by atoms with Crippen LogP contribution in [0.2, 0.25) is 5.02 Å². The second-order valence-electron chi connectivity index (χ2n) is 6.62. The van der Waals surface area contributed by atoms with Gasteiger partial charge in [-0.1, -0.05) is 31.4 Å². The van der Waals surface area contributed by atoms with E-state index in [1.807, 2.05) is 6.07 Å². The molecule has 0 saturated heterocycles. The Morgan fingerprint density at radius 2 is 2.08 bits per heavy atom. The monoisotopic (exact) mass is 375 g/mol. The highest BCUT2D eigenvalue weighted by Crippen LogP contribution is 2.29. The molecule has 2 N–H and O–H groups in total. The first-order chi connectivity index (χ1) is 12.5. The summed E-state index contributed by atoms with van der Waals surface area (Å²) in [5.74, 6) is 0.360. The molecule has 1 aliphatic carbocycles. The molecule has 6 nitrogen and oxygen atoms in total. The first-order valence-corrected chi connectivity index (χ1v) is 9.19. The number of halogens is 1. The highest BCUT2D eigenvalue weighted by Gasteiger charge is 2.23. The fourth-order valence-electron chi connectivity index (χ4n) is 3.27. The third-order valence-corrected chi connectivity index (χ3v) is 5.05. The molecule has 3 amide bonds. The second-order valence-corrected chi connectivity index (χ2v) is 7.03. The number of carbonyl (C=O) groups excluding carboxylic acids is 2. The molecule has 0 bridgehead atoms. The maximum Gasteiger partial charge on any atom is 0.321 e. The average molecular weight is 376 g/mol. The zero-order valence-electron chi connectivity index (χ0n) is 14.6. The van der Waals surface area contributed by atoms with Crippen LogP contribution in [0.3, 0.4) is 0 Å². The molecule has 7 heteroatoms. The lowest BCUT2D eigenvalue weighted by atomic mass is 9.86. The first kappa shape index (κ1) is 18.5. The zero-order chi connectivity index (χ0) is 18.5. The maximum absolute atomic E-state index is 12.0.